The van der Waals surface area contributed by atoms with Crippen LogP contribution in [0.5, 0.6) is 11.5 Å². The number of hydrogen-bond donors (Lipinski definition) is 1. The first kappa shape index (κ1) is 18.9. The molecule has 130 valence electrons. The van der Waals surface area contributed by atoms with Crippen molar-refractivity contribution in [1.82, 2.24) is 5.32 Å². The number of halogens is 2. The summed E-state index contributed by atoms with van der Waals surface area (Å²) in [7, 11) is 1.47. The maximum atomic E-state index is 11.9. The van der Waals surface area contributed by atoms with Crippen LogP contribution in [0.1, 0.15) is 11.1 Å². The third-order valence-electron chi connectivity index (χ3n) is 3.38. The molecular formula is C18H16Cl2N2O3. The van der Waals surface area contributed by atoms with E-state index in [-0.39, 0.29) is 12.5 Å². The summed E-state index contributed by atoms with van der Waals surface area (Å²) in [4.78, 5) is 11.9. The van der Waals surface area contributed by atoms with Crippen molar-refractivity contribution in [3.05, 3.63) is 57.6 Å². The summed E-state index contributed by atoms with van der Waals surface area (Å²) in [6.07, 6.45) is 0.585. The molecule has 0 saturated carbocycles. The second-order valence-electron chi connectivity index (χ2n) is 5.10. The van der Waals surface area contributed by atoms with Gasteiger partial charge in [0, 0.05) is 22.7 Å². The second-order valence-corrected chi connectivity index (χ2v) is 5.95. The molecular weight excluding hydrogens is 363 g/mol. The molecule has 1 amide bonds. The summed E-state index contributed by atoms with van der Waals surface area (Å²) in [5.74, 6) is 0.536. The van der Waals surface area contributed by atoms with Gasteiger partial charge in [0.15, 0.2) is 18.1 Å². The number of nitrogens with one attached hydrogen (secondary N) is 1. The van der Waals surface area contributed by atoms with Gasteiger partial charge in [0.1, 0.15) is 0 Å². The van der Waals surface area contributed by atoms with Crippen LogP contribution in [0.4, 0.5) is 0 Å². The van der Waals surface area contributed by atoms with Gasteiger partial charge in [-0.3, -0.25) is 4.79 Å². The van der Waals surface area contributed by atoms with Crippen LogP contribution in [-0.4, -0.2) is 26.2 Å². The first-order chi connectivity index (χ1) is 12.0. The lowest BCUT2D eigenvalue weighted by molar-refractivity contribution is -0.123. The lowest BCUT2D eigenvalue weighted by Gasteiger charge is -2.11. The van der Waals surface area contributed by atoms with Crippen molar-refractivity contribution in [3.8, 4) is 17.6 Å². The van der Waals surface area contributed by atoms with Crippen LogP contribution >= 0.6 is 23.2 Å². The van der Waals surface area contributed by atoms with Gasteiger partial charge in [-0.15, -0.1) is 0 Å². The summed E-state index contributed by atoms with van der Waals surface area (Å²) in [5.41, 5.74) is 1.36. The highest BCUT2D eigenvalue weighted by Gasteiger charge is 2.09. The number of hydrogen-bond acceptors (Lipinski definition) is 4. The van der Waals surface area contributed by atoms with Crippen LogP contribution in [-0.2, 0) is 11.2 Å². The molecule has 2 rings (SSSR count). The number of amides is 1. The Hall–Kier alpha value is -2.42. The molecule has 2 aromatic rings. The van der Waals surface area contributed by atoms with Crippen LogP contribution in [0.3, 0.4) is 0 Å². The zero-order chi connectivity index (χ0) is 18.2. The van der Waals surface area contributed by atoms with E-state index in [4.69, 9.17) is 37.9 Å². The molecule has 0 aliphatic rings. The molecule has 7 heteroatoms. The molecule has 25 heavy (non-hydrogen) atoms. The Labute approximate surface area is 156 Å². The van der Waals surface area contributed by atoms with Crippen LogP contribution in [0.25, 0.3) is 0 Å². The Kier molecular flexibility index (Phi) is 6.93. The van der Waals surface area contributed by atoms with Gasteiger partial charge in [0.2, 0.25) is 0 Å². The molecule has 0 saturated heterocycles. The molecule has 0 aliphatic carbocycles. The Morgan fingerprint density at radius 1 is 1.20 bits per heavy atom. The number of nitriles is 1. The van der Waals surface area contributed by atoms with Crippen molar-refractivity contribution in [2.45, 2.75) is 6.42 Å². The van der Waals surface area contributed by atoms with Gasteiger partial charge >= 0.3 is 0 Å². The maximum absolute atomic E-state index is 11.9. The van der Waals surface area contributed by atoms with Crippen molar-refractivity contribution >= 4 is 29.1 Å². The van der Waals surface area contributed by atoms with E-state index in [2.05, 4.69) is 5.32 Å². The summed E-state index contributed by atoms with van der Waals surface area (Å²) >= 11 is 11.9. The predicted molar refractivity (Wildman–Crippen MR) is 96.4 cm³/mol. The number of methoxy groups -OCH3 is 1. The molecule has 0 unspecified atom stereocenters. The summed E-state index contributed by atoms with van der Waals surface area (Å²) in [6, 6.07) is 12.0. The van der Waals surface area contributed by atoms with E-state index < -0.39 is 0 Å². The number of ether oxygens (including phenoxy) is 2. The molecule has 0 aromatic heterocycles. The molecule has 2 aromatic carbocycles. The summed E-state index contributed by atoms with van der Waals surface area (Å²) in [5, 5.41) is 12.8. The smallest absolute Gasteiger partial charge is 0.257 e. The number of carbonyl (C=O) groups excluding carboxylic acids is 1. The fourth-order valence-corrected chi connectivity index (χ4v) is 2.61. The SMILES string of the molecule is COc1cc(C#N)ccc1OCC(=O)NCCc1ccc(Cl)cc1Cl. The van der Waals surface area contributed by atoms with Gasteiger partial charge in [-0.05, 0) is 36.2 Å². The second kappa shape index (κ2) is 9.16. The third-order valence-corrected chi connectivity index (χ3v) is 3.97. The summed E-state index contributed by atoms with van der Waals surface area (Å²) < 4.78 is 10.6. The zero-order valence-corrected chi connectivity index (χ0v) is 15.0. The molecule has 0 heterocycles. The van der Waals surface area contributed by atoms with E-state index >= 15 is 0 Å². The van der Waals surface area contributed by atoms with Gasteiger partial charge in [-0.2, -0.15) is 5.26 Å². The van der Waals surface area contributed by atoms with Crippen molar-refractivity contribution < 1.29 is 14.3 Å². The van der Waals surface area contributed by atoms with Crippen LogP contribution in [0, 0.1) is 11.3 Å². The first-order valence-electron chi connectivity index (χ1n) is 7.45. The lowest BCUT2D eigenvalue weighted by atomic mass is 10.1. The van der Waals surface area contributed by atoms with E-state index in [9.17, 15) is 4.79 Å². The standard InChI is InChI=1S/C18H16Cl2N2O3/c1-24-17-8-12(10-21)2-5-16(17)25-11-18(23)22-7-6-13-3-4-14(19)9-15(13)20/h2-5,8-9H,6-7,11H2,1H3,(H,22,23). The average molecular weight is 379 g/mol. The monoisotopic (exact) mass is 378 g/mol. The molecule has 0 radical (unpaired) electrons. The highest BCUT2D eigenvalue weighted by Crippen LogP contribution is 2.27. The largest absolute Gasteiger partial charge is 0.493 e. The van der Waals surface area contributed by atoms with Crippen LogP contribution in [0.2, 0.25) is 10.0 Å². The van der Waals surface area contributed by atoms with Crippen molar-refractivity contribution in [3.63, 3.8) is 0 Å². The number of carbonyl (C=O) groups is 1. The van der Waals surface area contributed by atoms with Crippen LogP contribution in [0.15, 0.2) is 36.4 Å². The molecule has 0 fully saturated rings. The van der Waals surface area contributed by atoms with Crippen LogP contribution < -0.4 is 14.8 Å². The molecule has 0 bridgehead atoms. The topological polar surface area (TPSA) is 71.3 Å². The first-order valence-corrected chi connectivity index (χ1v) is 8.20. The number of nitrogens with zero attached hydrogens (tertiary/aromatic N) is 1. The Balaban J connectivity index is 1.82. The molecule has 1 N–H and O–H groups in total. The number of benzene rings is 2. The third kappa shape index (κ3) is 5.56. The lowest BCUT2D eigenvalue weighted by Crippen LogP contribution is -2.30. The van der Waals surface area contributed by atoms with Crippen molar-refractivity contribution in [1.29, 1.82) is 5.26 Å². The van der Waals surface area contributed by atoms with Gasteiger partial charge in [-0.25, -0.2) is 0 Å². The minimum Gasteiger partial charge on any atom is -0.493 e. The minimum atomic E-state index is -0.267. The normalized spacial score (nSPS) is 10.0. The fourth-order valence-electron chi connectivity index (χ4n) is 2.11. The van der Waals surface area contributed by atoms with Crippen molar-refractivity contribution in [2.75, 3.05) is 20.3 Å². The Morgan fingerprint density at radius 3 is 2.68 bits per heavy atom. The highest BCUT2D eigenvalue weighted by atomic mass is 35.5. The minimum absolute atomic E-state index is 0.156. The predicted octanol–water partition coefficient (Wildman–Crippen LogP) is 3.61. The quantitative estimate of drug-likeness (QED) is 0.798. The van der Waals surface area contributed by atoms with Gasteiger partial charge < -0.3 is 14.8 Å². The molecule has 5 nitrogen and oxygen atoms in total. The molecule has 0 aliphatic heterocycles. The van der Waals surface area contributed by atoms with Gasteiger partial charge in [-0.1, -0.05) is 29.3 Å². The van der Waals surface area contributed by atoms with Crippen molar-refractivity contribution in [2.24, 2.45) is 0 Å². The number of rotatable bonds is 7. The van der Waals surface area contributed by atoms with E-state index in [1.165, 1.54) is 7.11 Å². The van der Waals surface area contributed by atoms with E-state index in [0.29, 0.717) is 40.1 Å². The maximum Gasteiger partial charge on any atom is 0.257 e. The van der Waals surface area contributed by atoms with E-state index in [1.807, 2.05) is 12.1 Å². The van der Waals surface area contributed by atoms with E-state index in [0.717, 1.165) is 5.56 Å². The van der Waals surface area contributed by atoms with E-state index in [1.54, 1.807) is 30.3 Å². The summed E-state index contributed by atoms with van der Waals surface area (Å²) in [6.45, 7) is 0.269. The fraction of sp³-hybridized carbons (Fsp3) is 0.222. The highest BCUT2D eigenvalue weighted by molar-refractivity contribution is 6.35. The zero-order valence-electron chi connectivity index (χ0n) is 13.5. The molecule has 0 spiro atoms. The van der Waals surface area contributed by atoms with Gasteiger partial charge in [0.25, 0.3) is 5.91 Å². The molecule has 0 atom stereocenters. The Morgan fingerprint density at radius 2 is 2.00 bits per heavy atom. The Bertz CT molecular complexity index is 803. The van der Waals surface area contributed by atoms with Gasteiger partial charge in [0.05, 0.1) is 18.7 Å². The average Bonchev–Trinajstić information content (AvgIpc) is 2.61.